The summed E-state index contributed by atoms with van der Waals surface area (Å²) in [6, 6.07) is 17.9. The molecule has 0 aliphatic carbocycles. The summed E-state index contributed by atoms with van der Waals surface area (Å²) >= 11 is 0. The van der Waals surface area contributed by atoms with Crippen molar-refractivity contribution in [2.45, 2.75) is 25.2 Å². The molecule has 1 fully saturated rings. The van der Waals surface area contributed by atoms with Crippen LogP contribution in [0, 0.1) is 22.7 Å². The Kier molecular flexibility index (Phi) is 7.34. The van der Waals surface area contributed by atoms with Gasteiger partial charge in [-0.3, -0.25) is 4.79 Å². The number of halogens is 1. The number of carbonyl (C=O) groups is 1. The Morgan fingerprint density at radius 2 is 1.67 bits per heavy atom. The number of amides is 1. The van der Waals surface area contributed by atoms with E-state index in [2.05, 4.69) is 16.7 Å². The van der Waals surface area contributed by atoms with Gasteiger partial charge in [-0.1, -0.05) is 12.1 Å². The monoisotopic (exact) mass is 382 g/mol. The van der Waals surface area contributed by atoms with E-state index in [0.717, 1.165) is 5.56 Å². The summed E-state index contributed by atoms with van der Waals surface area (Å²) in [6.45, 7) is 1.06. The van der Waals surface area contributed by atoms with Crippen molar-refractivity contribution < 1.29 is 9.53 Å². The maximum atomic E-state index is 12.3. The normalized spacial score (nSPS) is 18.0. The number of nitriles is 2. The fourth-order valence-corrected chi connectivity index (χ4v) is 2.78. The van der Waals surface area contributed by atoms with Crippen LogP contribution in [0.3, 0.4) is 0 Å². The second-order valence-electron chi connectivity index (χ2n) is 6.12. The molecule has 2 N–H and O–H groups in total. The highest BCUT2D eigenvalue weighted by molar-refractivity contribution is 5.95. The summed E-state index contributed by atoms with van der Waals surface area (Å²) in [6.07, 6.45) is 0.556. The smallest absolute Gasteiger partial charge is 0.241 e. The van der Waals surface area contributed by atoms with Crippen LogP contribution in [-0.2, 0) is 16.1 Å². The quantitative estimate of drug-likeness (QED) is 0.828. The first-order chi connectivity index (χ1) is 12.7. The molecule has 0 spiro atoms. The molecule has 2 aromatic carbocycles. The fourth-order valence-electron chi connectivity index (χ4n) is 2.78. The molecular weight excluding hydrogens is 364 g/mol. The molecule has 1 aliphatic rings. The summed E-state index contributed by atoms with van der Waals surface area (Å²) in [5.41, 5.74) is 2.83. The molecular formula is C20H19ClN4O2. The predicted molar refractivity (Wildman–Crippen MR) is 103 cm³/mol. The van der Waals surface area contributed by atoms with Crippen LogP contribution >= 0.6 is 12.4 Å². The molecule has 6 nitrogen and oxygen atoms in total. The topological polar surface area (TPSA) is 97.9 Å². The second-order valence-corrected chi connectivity index (χ2v) is 6.12. The van der Waals surface area contributed by atoms with Crippen LogP contribution in [0.15, 0.2) is 48.5 Å². The van der Waals surface area contributed by atoms with Gasteiger partial charge in [0.25, 0.3) is 0 Å². The van der Waals surface area contributed by atoms with Crippen molar-refractivity contribution in [3.05, 3.63) is 65.2 Å². The van der Waals surface area contributed by atoms with Crippen LogP contribution in [0.4, 0.5) is 5.69 Å². The molecule has 0 radical (unpaired) electrons. The molecule has 1 amide bonds. The zero-order valence-electron chi connectivity index (χ0n) is 14.5. The first-order valence-electron chi connectivity index (χ1n) is 8.33. The van der Waals surface area contributed by atoms with Gasteiger partial charge < -0.3 is 15.4 Å². The lowest BCUT2D eigenvalue weighted by atomic mass is 10.1. The molecule has 1 aliphatic heterocycles. The number of rotatable bonds is 5. The Balaban J connectivity index is 0.00000261. The summed E-state index contributed by atoms with van der Waals surface area (Å²) in [7, 11) is 0. The number of hydrogen-bond acceptors (Lipinski definition) is 5. The zero-order chi connectivity index (χ0) is 18.4. The lowest BCUT2D eigenvalue weighted by Gasteiger charge is -2.12. The van der Waals surface area contributed by atoms with Crippen LogP contribution in [0.1, 0.15) is 23.1 Å². The van der Waals surface area contributed by atoms with E-state index in [1.54, 1.807) is 36.4 Å². The van der Waals surface area contributed by atoms with Gasteiger partial charge in [-0.15, -0.1) is 12.4 Å². The van der Waals surface area contributed by atoms with Crippen molar-refractivity contribution in [1.82, 2.24) is 5.32 Å². The van der Waals surface area contributed by atoms with E-state index in [1.807, 2.05) is 18.2 Å². The number of ether oxygens (including phenoxy) is 1. The number of hydrogen-bond donors (Lipinski definition) is 2. The standard InChI is InChI=1S/C20H18N4O2.ClH/c21-10-14-1-3-16(4-2-14)13-26-18-9-19(23-12-18)20(25)24-17-7-5-15(11-22)6-8-17;/h1-8,18-19,23H,9,12-13H2,(H,24,25);1H/t18-,19+;/m0./s1. The molecule has 1 saturated heterocycles. The highest BCUT2D eigenvalue weighted by Gasteiger charge is 2.30. The van der Waals surface area contributed by atoms with Crippen LogP contribution < -0.4 is 10.6 Å². The maximum absolute atomic E-state index is 12.3. The van der Waals surface area contributed by atoms with E-state index in [4.69, 9.17) is 15.3 Å². The van der Waals surface area contributed by atoms with E-state index in [9.17, 15) is 4.79 Å². The van der Waals surface area contributed by atoms with Crippen molar-refractivity contribution in [3.8, 4) is 12.1 Å². The Morgan fingerprint density at radius 3 is 2.26 bits per heavy atom. The third-order valence-corrected chi connectivity index (χ3v) is 4.26. The first kappa shape index (κ1) is 20.4. The van der Waals surface area contributed by atoms with Crippen LogP contribution in [0.2, 0.25) is 0 Å². The second kappa shape index (κ2) is 9.70. The van der Waals surface area contributed by atoms with Gasteiger partial charge in [0, 0.05) is 12.2 Å². The number of nitrogens with zero attached hydrogens (tertiary/aromatic N) is 2. The van der Waals surface area contributed by atoms with Gasteiger partial charge in [0.1, 0.15) is 0 Å². The number of benzene rings is 2. The minimum atomic E-state index is -0.309. The highest BCUT2D eigenvalue weighted by Crippen LogP contribution is 2.16. The molecule has 7 heteroatoms. The van der Waals surface area contributed by atoms with Gasteiger partial charge in [-0.05, 0) is 48.4 Å². The van der Waals surface area contributed by atoms with Crippen LogP contribution in [-0.4, -0.2) is 24.6 Å². The number of carbonyl (C=O) groups excluding carboxylic acids is 1. The van der Waals surface area contributed by atoms with Crippen molar-refractivity contribution >= 4 is 24.0 Å². The number of anilines is 1. The van der Waals surface area contributed by atoms with Crippen molar-refractivity contribution in [2.75, 3.05) is 11.9 Å². The summed E-state index contributed by atoms with van der Waals surface area (Å²) in [5, 5.41) is 23.6. The largest absolute Gasteiger partial charge is 0.372 e. The molecule has 0 aromatic heterocycles. The third kappa shape index (κ3) is 5.54. The summed E-state index contributed by atoms with van der Waals surface area (Å²) in [4.78, 5) is 12.3. The van der Waals surface area contributed by atoms with Crippen LogP contribution in [0.5, 0.6) is 0 Å². The minimum Gasteiger partial charge on any atom is -0.372 e. The van der Waals surface area contributed by atoms with E-state index >= 15 is 0 Å². The van der Waals surface area contributed by atoms with Gasteiger partial charge in [0.05, 0.1) is 42.0 Å². The van der Waals surface area contributed by atoms with Gasteiger partial charge in [-0.25, -0.2) is 0 Å². The Bertz CT molecular complexity index is 854. The van der Waals surface area contributed by atoms with E-state index < -0.39 is 0 Å². The van der Waals surface area contributed by atoms with Gasteiger partial charge in [0.15, 0.2) is 0 Å². The molecule has 138 valence electrons. The fraction of sp³-hybridized carbons (Fsp3) is 0.250. The van der Waals surface area contributed by atoms with E-state index in [0.29, 0.717) is 36.4 Å². The highest BCUT2D eigenvalue weighted by atomic mass is 35.5. The van der Waals surface area contributed by atoms with E-state index in [1.165, 1.54) is 0 Å². The molecule has 2 aromatic rings. The van der Waals surface area contributed by atoms with Gasteiger partial charge >= 0.3 is 0 Å². The Morgan fingerprint density at radius 1 is 1.07 bits per heavy atom. The number of nitrogens with one attached hydrogen (secondary N) is 2. The summed E-state index contributed by atoms with van der Waals surface area (Å²) in [5.74, 6) is -0.112. The zero-order valence-corrected chi connectivity index (χ0v) is 15.3. The first-order valence-corrected chi connectivity index (χ1v) is 8.33. The third-order valence-electron chi connectivity index (χ3n) is 4.26. The molecule has 2 atom stereocenters. The Hall–Kier alpha value is -2.90. The molecule has 27 heavy (non-hydrogen) atoms. The van der Waals surface area contributed by atoms with E-state index in [-0.39, 0.29) is 30.5 Å². The van der Waals surface area contributed by atoms with Crippen molar-refractivity contribution in [3.63, 3.8) is 0 Å². The van der Waals surface area contributed by atoms with Crippen molar-refractivity contribution in [1.29, 1.82) is 10.5 Å². The molecule has 1 heterocycles. The molecule has 3 rings (SSSR count). The maximum Gasteiger partial charge on any atom is 0.241 e. The summed E-state index contributed by atoms with van der Waals surface area (Å²) < 4.78 is 5.86. The van der Waals surface area contributed by atoms with Gasteiger partial charge in [0.2, 0.25) is 5.91 Å². The molecule has 0 saturated carbocycles. The Labute approximate surface area is 164 Å². The van der Waals surface area contributed by atoms with Crippen molar-refractivity contribution in [2.24, 2.45) is 0 Å². The lowest BCUT2D eigenvalue weighted by Crippen LogP contribution is -2.35. The van der Waals surface area contributed by atoms with Gasteiger partial charge in [-0.2, -0.15) is 10.5 Å². The molecule has 0 bridgehead atoms. The minimum absolute atomic E-state index is 0. The SMILES string of the molecule is Cl.N#Cc1ccc(CO[C@@H]2CN[C@@H](C(=O)Nc3ccc(C#N)cc3)C2)cc1. The van der Waals surface area contributed by atoms with Crippen LogP contribution in [0.25, 0.3) is 0 Å². The average Bonchev–Trinajstić information content (AvgIpc) is 3.16. The molecule has 0 unspecified atom stereocenters. The average molecular weight is 383 g/mol. The lowest BCUT2D eigenvalue weighted by molar-refractivity contribution is -0.118. The predicted octanol–water partition coefficient (Wildman–Crippen LogP) is 2.74.